The molecule has 0 aliphatic rings. The molecule has 194 valence electrons. The molecule has 0 aliphatic carbocycles. The van der Waals surface area contributed by atoms with Gasteiger partial charge in [0.05, 0.1) is 6.61 Å². The van der Waals surface area contributed by atoms with Gasteiger partial charge in [0.2, 0.25) is 10.4 Å². The van der Waals surface area contributed by atoms with Crippen LogP contribution in [-0.2, 0) is 14.6 Å². The number of hydrogen-bond donors (Lipinski definition) is 0. The van der Waals surface area contributed by atoms with E-state index < -0.39 is 10.4 Å². The molecule has 0 N–H and O–H groups in total. The van der Waals surface area contributed by atoms with Gasteiger partial charge in [-0.25, -0.2) is 8.42 Å². The van der Waals surface area contributed by atoms with E-state index in [0.29, 0.717) is 0 Å². The van der Waals surface area contributed by atoms with Gasteiger partial charge >= 0.3 is 29.6 Å². The Kier molecular flexibility index (Phi) is 30.0. The Bertz CT molecular complexity index is 471. The fraction of sp³-hybridized carbons (Fsp3) is 1.00. The van der Waals surface area contributed by atoms with Gasteiger partial charge in [-0.1, -0.05) is 149 Å². The second-order valence-corrected chi connectivity index (χ2v) is 10.9. The normalized spacial score (nSPS) is 12.6. The summed E-state index contributed by atoms with van der Waals surface area (Å²) in [7, 11) is -4.58. The molecule has 0 saturated heterocycles. The van der Waals surface area contributed by atoms with E-state index >= 15 is 0 Å². The van der Waals surface area contributed by atoms with Crippen molar-refractivity contribution < 1.29 is 46.7 Å². The minimum absolute atomic E-state index is 0. The summed E-state index contributed by atoms with van der Waals surface area (Å²) in [5, 5.41) is 0. The van der Waals surface area contributed by atoms with E-state index in [9.17, 15) is 13.0 Å². The number of rotatable bonds is 26. The fourth-order valence-corrected chi connectivity index (χ4v) is 4.87. The maximum Gasteiger partial charge on any atom is 1.00 e. The average Bonchev–Trinajstić information content (AvgIpc) is 2.75. The monoisotopic (exact) mass is 498 g/mol. The standard InChI is InChI=1S/C27H56O4S.Na/c1-3-5-7-9-11-13-15-17-19-21-23-25-27(26-31-32(28,29)30)24-22-20-18-16-14-12-10-8-6-4-2;/h27H,3-26H2,1-2H3,(H,28,29,30);/q;+1/p-1. The molecule has 0 fully saturated rings. The van der Waals surface area contributed by atoms with Crippen molar-refractivity contribution in [2.45, 2.75) is 162 Å². The Morgan fingerprint density at radius 1 is 0.545 bits per heavy atom. The van der Waals surface area contributed by atoms with E-state index in [4.69, 9.17) is 0 Å². The van der Waals surface area contributed by atoms with Crippen molar-refractivity contribution in [1.82, 2.24) is 0 Å². The van der Waals surface area contributed by atoms with Crippen LogP contribution in [0, 0.1) is 5.92 Å². The van der Waals surface area contributed by atoms with Crippen LogP contribution in [0.3, 0.4) is 0 Å². The van der Waals surface area contributed by atoms with Crippen LogP contribution in [0.5, 0.6) is 0 Å². The topological polar surface area (TPSA) is 66.4 Å². The molecular weight excluding hydrogens is 443 g/mol. The zero-order chi connectivity index (χ0) is 23.8. The summed E-state index contributed by atoms with van der Waals surface area (Å²) in [6.45, 7) is 4.58. The largest absolute Gasteiger partial charge is 1.00 e. The molecule has 0 rings (SSSR count). The van der Waals surface area contributed by atoms with Gasteiger partial charge in [0.15, 0.2) is 0 Å². The molecule has 1 atom stereocenters. The SMILES string of the molecule is CCCCCCCCCCCCCC(CCCCCCCCCCCC)COS(=O)(=O)[O-].[Na+]. The summed E-state index contributed by atoms with van der Waals surface area (Å²) in [5.74, 6) is 0.200. The fourth-order valence-electron chi connectivity index (χ4n) is 4.51. The second-order valence-electron chi connectivity index (χ2n) is 9.85. The Morgan fingerprint density at radius 2 is 0.818 bits per heavy atom. The van der Waals surface area contributed by atoms with Crippen molar-refractivity contribution in [3.63, 3.8) is 0 Å². The molecule has 0 radical (unpaired) electrons. The first-order valence-corrected chi connectivity index (χ1v) is 15.4. The first-order valence-electron chi connectivity index (χ1n) is 14.1. The van der Waals surface area contributed by atoms with Crippen molar-refractivity contribution in [2.75, 3.05) is 6.61 Å². The molecular formula is C27H55NaO4S. The van der Waals surface area contributed by atoms with Crippen LogP contribution >= 0.6 is 0 Å². The Morgan fingerprint density at radius 3 is 1.09 bits per heavy atom. The van der Waals surface area contributed by atoms with Crippen molar-refractivity contribution in [2.24, 2.45) is 5.92 Å². The van der Waals surface area contributed by atoms with Gasteiger partial charge in [0.25, 0.3) is 0 Å². The van der Waals surface area contributed by atoms with E-state index in [2.05, 4.69) is 18.0 Å². The molecule has 0 aromatic carbocycles. The zero-order valence-corrected chi connectivity index (χ0v) is 25.4. The summed E-state index contributed by atoms with van der Waals surface area (Å²) in [4.78, 5) is 0. The molecule has 1 unspecified atom stereocenters. The summed E-state index contributed by atoms with van der Waals surface area (Å²) in [6, 6.07) is 0. The molecule has 4 nitrogen and oxygen atoms in total. The van der Waals surface area contributed by atoms with Crippen molar-refractivity contribution in [3.8, 4) is 0 Å². The average molecular weight is 499 g/mol. The summed E-state index contributed by atoms with van der Waals surface area (Å²) < 4.78 is 37.2. The molecule has 33 heavy (non-hydrogen) atoms. The number of unbranched alkanes of at least 4 members (excludes halogenated alkanes) is 19. The van der Waals surface area contributed by atoms with Crippen LogP contribution in [-0.4, -0.2) is 19.6 Å². The Labute approximate surface area is 230 Å². The van der Waals surface area contributed by atoms with Crippen LogP contribution in [0.15, 0.2) is 0 Å². The van der Waals surface area contributed by atoms with Crippen LogP contribution < -0.4 is 29.6 Å². The van der Waals surface area contributed by atoms with Crippen molar-refractivity contribution in [3.05, 3.63) is 0 Å². The third kappa shape index (κ3) is 30.8. The molecule has 0 aromatic rings. The predicted molar refractivity (Wildman–Crippen MR) is 137 cm³/mol. The molecule has 0 bridgehead atoms. The maximum atomic E-state index is 10.9. The van der Waals surface area contributed by atoms with Crippen LogP contribution in [0.4, 0.5) is 0 Å². The van der Waals surface area contributed by atoms with Gasteiger partial charge in [0.1, 0.15) is 0 Å². The third-order valence-corrected chi connectivity index (χ3v) is 7.05. The van der Waals surface area contributed by atoms with Gasteiger partial charge in [-0.15, -0.1) is 0 Å². The van der Waals surface area contributed by atoms with Gasteiger partial charge in [-0.3, -0.25) is 4.18 Å². The minimum Gasteiger partial charge on any atom is -0.726 e. The second kappa shape index (κ2) is 27.5. The quantitative estimate of drug-likeness (QED) is 0.0626. The summed E-state index contributed by atoms with van der Waals surface area (Å²) in [5.41, 5.74) is 0. The van der Waals surface area contributed by atoms with E-state index in [1.54, 1.807) is 0 Å². The molecule has 0 heterocycles. The molecule has 0 saturated carbocycles. The zero-order valence-electron chi connectivity index (χ0n) is 22.6. The van der Waals surface area contributed by atoms with Gasteiger partial charge in [-0.2, -0.15) is 0 Å². The van der Waals surface area contributed by atoms with Gasteiger partial charge in [0, 0.05) is 0 Å². The van der Waals surface area contributed by atoms with Crippen molar-refractivity contribution in [1.29, 1.82) is 0 Å². The minimum atomic E-state index is -4.58. The first kappa shape index (κ1) is 36.0. The van der Waals surface area contributed by atoms with Crippen LogP contribution in [0.25, 0.3) is 0 Å². The van der Waals surface area contributed by atoms with E-state index in [-0.39, 0.29) is 42.1 Å². The summed E-state index contributed by atoms with van der Waals surface area (Å²) in [6.07, 6.45) is 29.4. The smallest absolute Gasteiger partial charge is 0.726 e. The van der Waals surface area contributed by atoms with Crippen LogP contribution in [0.1, 0.15) is 162 Å². The Hall–Kier alpha value is 0.870. The van der Waals surface area contributed by atoms with E-state index in [1.165, 1.54) is 122 Å². The van der Waals surface area contributed by atoms with Gasteiger partial charge in [-0.05, 0) is 18.8 Å². The molecule has 0 spiro atoms. The maximum absolute atomic E-state index is 10.9. The van der Waals surface area contributed by atoms with Gasteiger partial charge < -0.3 is 4.55 Å². The molecule has 0 amide bonds. The molecule has 0 aromatic heterocycles. The van der Waals surface area contributed by atoms with Crippen LogP contribution in [0.2, 0.25) is 0 Å². The third-order valence-electron chi connectivity index (χ3n) is 6.63. The summed E-state index contributed by atoms with van der Waals surface area (Å²) >= 11 is 0. The number of hydrogen-bond acceptors (Lipinski definition) is 4. The Balaban J connectivity index is 0. The molecule has 6 heteroatoms. The first-order chi connectivity index (χ1) is 15.5. The van der Waals surface area contributed by atoms with E-state index in [1.807, 2.05) is 0 Å². The van der Waals surface area contributed by atoms with E-state index in [0.717, 1.165) is 25.7 Å². The predicted octanol–water partition coefficient (Wildman–Crippen LogP) is 6.10. The molecule has 0 aliphatic heterocycles. The van der Waals surface area contributed by atoms with Crippen molar-refractivity contribution >= 4 is 10.4 Å².